The van der Waals surface area contributed by atoms with E-state index in [2.05, 4.69) is 0 Å². The number of methoxy groups -OCH3 is 1. The van der Waals surface area contributed by atoms with Crippen molar-refractivity contribution in [2.45, 2.75) is 57.6 Å². The van der Waals surface area contributed by atoms with Crippen LogP contribution in [0.25, 0.3) is 0 Å². The number of amides is 1. The summed E-state index contributed by atoms with van der Waals surface area (Å²) in [5.41, 5.74) is 0.899. The van der Waals surface area contributed by atoms with E-state index in [1.807, 2.05) is 31.9 Å². The van der Waals surface area contributed by atoms with Crippen LogP contribution in [0.5, 0.6) is 0 Å². The van der Waals surface area contributed by atoms with Gasteiger partial charge in [0, 0.05) is 6.54 Å². The third-order valence-electron chi connectivity index (χ3n) is 3.51. The smallest absolute Gasteiger partial charge is 0.410 e. The Bertz CT molecular complexity index is 364. The lowest BCUT2D eigenvalue weighted by atomic mass is 9.96. The van der Waals surface area contributed by atoms with Gasteiger partial charge in [-0.05, 0) is 52.0 Å². The molecule has 0 N–H and O–H groups in total. The van der Waals surface area contributed by atoms with Crippen molar-refractivity contribution in [3.8, 4) is 0 Å². The van der Waals surface area contributed by atoms with E-state index in [0.29, 0.717) is 0 Å². The van der Waals surface area contributed by atoms with Crippen LogP contribution in [-0.4, -0.2) is 35.8 Å². The zero-order valence-electron chi connectivity index (χ0n) is 11.8. The molecule has 2 aliphatic rings. The highest BCUT2D eigenvalue weighted by molar-refractivity contribution is 5.70. The Morgan fingerprint density at radius 1 is 1.39 bits per heavy atom. The van der Waals surface area contributed by atoms with Crippen LogP contribution in [0, 0.1) is 0 Å². The van der Waals surface area contributed by atoms with E-state index in [1.54, 1.807) is 7.11 Å². The normalized spacial score (nSPS) is 24.2. The number of hydrogen-bond donors (Lipinski definition) is 0. The molecule has 0 radical (unpaired) electrons. The first-order chi connectivity index (χ1) is 8.36. The molecule has 2 rings (SSSR count). The molecule has 1 spiro atoms. The second-order valence-electron chi connectivity index (χ2n) is 6.29. The minimum Gasteiger partial charge on any atom is -0.504 e. The van der Waals surface area contributed by atoms with Gasteiger partial charge in [-0.3, -0.25) is 0 Å². The summed E-state index contributed by atoms with van der Waals surface area (Å²) in [7, 11) is 1.67. The number of ether oxygens (including phenoxy) is 2. The summed E-state index contributed by atoms with van der Waals surface area (Å²) in [5, 5.41) is 0. The van der Waals surface area contributed by atoms with Crippen LogP contribution in [0.3, 0.4) is 0 Å². The zero-order chi connectivity index (χ0) is 13.4. The Hall–Kier alpha value is -1.19. The van der Waals surface area contributed by atoms with Gasteiger partial charge >= 0.3 is 6.09 Å². The third-order valence-corrected chi connectivity index (χ3v) is 3.51. The molecule has 0 aromatic carbocycles. The van der Waals surface area contributed by atoms with Crippen molar-refractivity contribution in [2.24, 2.45) is 0 Å². The van der Waals surface area contributed by atoms with Crippen LogP contribution in [-0.2, 0) is 9.47 Å². The lowest BCUT2D eigenvalue weighted by Gasteiger charge is -2.38. The van der Waals surface area contributed by atoms with Crippen molar-refractivity contribution in [3.63, 3.8) is 0 Å². The van der Waals surface area contributed by atoms with Crippen LogP contribution in [0.2, 0.25) is 0 Å². The molecule has 0 bridgehead atoms. The van der Waals surface area contributed by atoms with Gasteiger partial charge in [0.1, 0.15) is 5.60 Å². The molecule has 1 aliphatic carbocycles. The van der Waals surface area contributed by atoms with E-state index in [9.17, 15) is 4.79 Å². The van der Waals surface area contributed by atoms with Crippen LogP contribution in [0.15, 0.2) is 11.8 Å². The predicted octanol–water partition coefficient (Wildman–Crippen LogP) is 3.08. The van der Waals surface area contributed by atoms with Crippen LogP contribution < -0.4 is 0 Å². The largest absolute Gasteiger partial charge is 0.504 e. The number of hydrogen-bond acceptors (Lipinski definition) is 3. The summed E-state index contributed by atoms with van der Waals surface area (Å²) in [6, 6.07) is 0. The first-order valence-corrected chi connectivity index (χ1v) is 6.58. The van der Waals surface area contributed by atoms with Crippen molar-refractivity contribution < 1.29 is 14.3 Å². The third kappa shape index (κ3) is 2.79. The topological polar surface area (TPSA) is 38.8 Å². The van der Waals surface area contributed by atoms with Crippen LogP contribution in [0.4, 0.5) is 4.79 Å². The molecule has 1 saturated heterocycles. The highest BCUT2D eigenvalue weighted by Crippen LogP contribution is 2.50. The number of carbonyl (C=O) groups is 1. The average Bonchev–Trinajstić information content (AvgIpc) is 2.96. The maximum atomic E-state index is 12.2. The molecule has 102 valence electrons. The Morgan fingerprint density at radius 3 is 2.56 bits per heavy atom. The molecular weight excluding hydrogens is 230 g/mol. The summed E-state index contributed by atoms with van der Waals surface area (Å²) in [6.07, 6.45) is 5.62. The van der Waals surface area contributed by atoms with Crippen molar-refractivity contribution >= 4 is 6.09 Å². The van der Waals surface area contributed by atoms with Crippen molar-refractivity contribution in [2.75, 3.05) is 13.7 Å². The second-order valence-corrected chi connectivity index (χ2v) is 6.29. The molecule has 0 atom stereocenters. The molecule has 0 unspecified atom stereocenters. The second kappa shape index (κ2) is 4.48. The minimum atomic E-state index is -0.421. The van der Waals surface area contributed by atoms with E-state index < -0.39 is 5.60 Å². The van der Waals surface area contributed by atoms with Crippen LogP contribution >= 0.6 is 0 Å². The number of piperidine rings is 1. The minimum absolute atomic E-state index is 0.0188. The molecule has 18 heavy (non-hydrogen) atoms. The fraction of sp³-hybridized carbons (Fsp3) is 0.786. The molecule has 4 nitrogen and oxygen atoms in total. The standard InChI is InChI=1S/C14H23NO3/c1-13(2,3)18-12(16)15-8-5-11(10-17-4)9-14(15)6-7-14/h10H,5-9H2,1-4H3. The number of nitrogens with zero attached hydrogens (tertiary/aromatic N) is 1. The van der Waals surface area contributed by atoms with E-state index in [0.717, 1.165) is 32.2 Å². The summed E-state index contributed by atoms with van der Waals surface area (Å²) in [5.74, 6) is 0. The molecule has 1 heterocycles. The summed E-state index contributed by atoms with van der Waals surface area (Å²) in [6.45, 7) is 6.46. The molecule has 0 aromatic rings. The van der Waals surface area contributed by atoms with E-state index >= 15 is 0 Å². The highest BCUT2D eigenvalue weighted by Gasteiger charge is 2.53. The molecule has 1 amide bonds. The summed E-state index contributed by atoms with van der Waals surface area (Å²) in [4.78, 5) is 14.1. The molecule has 1 saturated carbocycles. The first kappa shape index (κ1) is 13.2. The predicted molar refractivity (Wildman–Crippen MR) is 69.2 cm³/mol. The summed E-state index contributed by atoms with van der Waals surface area (Å²) >= 11 is 0. The van der Waals surface area contributed by atoms with Gasteiger partial charge in [-0.15, -0.1) is 0 Å². The van der Waals surface area contributed by atoms with Gasteiger partial charge in [-0.25, -0.2) is 4.79 Å². The van der Waals surface area contributed by atoms with Gasteiger partial charge in [-0.2, -0.15) is 0 Å². The molecule has 2 fully saturated rings. The Labute approximate surface area is 109 Å². The zero-order valence-corrected chi connectivity index (χ0v) is 11.8. The SMILES string of the molecule is COC=C1CCN(C(=O)OC(C)(C)C)C2(CC2)C1. The fourth-order valence-electron chi connectivity index (χ4n) is 2.56. The molecule has 1 aliphatic heterocycles. The van der Waals surface area contributed by atoms with Gasteiger partial charge in [0.2, 0.25) is 0 Å². The Balaban J connectivity index is 2.03. The Kier molecular flexibility index (Phi) is 3.30. The van der Waals surface area contributed by atoms with Gasteiger partial charge in [0.15, 0.2) is 0 Å². The average molecular weight is 253 g/mol. The van der Waals surface area contributed by atoms with Gasteiger partial charge < -0.3 is 14.4 Å². The number of likely N-dealkylation sites (tertiary alicyclic amines) is 1. The molecule has 4 heteroatoms. The number of rotatable bonds is 1. The van der Waals surface area contributed by atoms with E-state index in [1.165, 1.54) is 5.57 Å². The van der Waals surface area contributed by atoms with Gasteiger partial charge in [0.25, 0.3) is 0 Å². The first-order valence-electron chi connectivity index (χ1n) is 6.58. The fourth-order valence-corrected chi connectivity index (χ4v) is 2.56. The van der Waals surface area contributed by atoms with Crippen LogP contribution in [0.1, 0.15) is 46.5 Å². The van der Waals surface area contributed by atoms with E-state index in [4.69, 9.17) is 9.47 Å². The number of carbonyl (C=O) groups excluding carboxylic acids is 1. The van der Waals surface area contributed by atoms with E-state index in [-0.39, 0.29) is 11.6 Å². The maximum Gasteiger partial charge on any atom is 0.410 e. The lowest BCUT2D eigenvalue weighted by molar-refractivity contribution is 0.00950. The Morgan fingerprint density at radius 2 is 2.06 bits per heavy atom. The van der Waals surface area contributed by atoms with Crippen molar-refractivity contribution in [1.82, 2.24) is 4.90 Å². The monoisotopic (exact) mass is 253 g/mol. The maximum absolute atomic E-state index is 12.2. The van der Waals surface area contributed by atoms with Crippen molar-refractivity contribution in [3.05, 3.63) is 11.8 Å². The van der Waals surface area contributed by atoms with Gasteiger partial charge in [-0.1, -0.05) is 0 Å². The lowest BCUT2D eigenvalue weighted by Crippen LogP contribution is -2.48. The molecule has 0 aromatic heterocycles. The molecular formula is C14H23NO3. The summed E-state index contributed by atoms with van der Waals surface area (Å²) < 4.78 is 10.6. The van der Waals surface area contributed by atoms with Crippen molar-refractivity contribution in [1.29, 1.82) is 0 Å². The quantitative estimate of drug-likeness (QED) is 0.674. The van der Waals surface area contributed by atoms with Gasteiger partial charge in [0.05, 0.1) is 18.9 Å². The highest BCUT2D eigenvalue weighted by atomic mass is 16.6.